The van der Waals surface area contributed by atoms with E-state index >= 15 is 0 Å². The maximum atomic E-state index is 12.6. The second-order valence-electron chi connectivity index (χ2n) is 9.27. The van der Waals surface area contributed by atoms with Crippen LogP contribution in [0.15, 0.2) is 54.7 Å². The molecule has 0 amide bonds. The third-order valence-electron chi connectivity index (χ3n) is 5.92. The highest BCUT2D eigenvalue weighted by molar-refractivity contribution is 6.01. The second-order valence-corrected chi connectivity index (χ2v) is 9.27. The quantitative estimate of drug-likeness (QED) is 0.320. The number of benzene rings is 2. The number of para-hydroxylation sites is 2. The maximum Gasteiger partial charge on any atom is 0.313 e. The number of fused-ring (bicyclic) bond motifs is 5. The molecule has 0 spiro atoms. The second kappa shape index (κ2) is 8.03. The van der Waals surface area contributed by atoms with E-state index in [-0.39, 0.29) is 17.8 Å². The zero-order valence-corrected chi connectivity index (χ0v) is 19.7. The van der Waals surface area contributed by atoms with Gasteiger partial charge in [0.1, 0.15) is 16.9 Å². The van der Waals surface area contributed by atoms with Gasteiger partial charge in [0.05, 0.1) is 17.0 Å². The highest BCUT2D eigenvalue weighted by Gasteiger charge is 2.24. The van der Waals surface area contributed by atoms with Gasteiger partial charge in [0, 0.05) is 18.7 Å². The molecule has 33 heavy (non-hydrogen) atoms. The molecule has 0 aliphatic rings. The van der Waals surface area contributed by atoms with Crippen LogP contribution in [0.4, 0.5) is 0 Å². The average molecular weight is 441 g/mol. The topological polar surface area (TPSA) is 61.4 Å². The van der Waals surface area contributed by atoms with Gasteiger partial charge in [-0.2, -0.15) is 0 Å². The van der Waals surface area contributed by atoms with Crippen molar-refractivity contribution in [3.8, 4) is 5.75 Å². The molecule has 2 aromatic carbocycles. The molecular weight excluding hydrogens is 412 g/mol. The first kappa shape index (κ1) is 21.2. The molecule has 0 saturated carbocycles. The fourth-order valence-corrected chi connectivity index (χ4v) is 4.14. The SMILES string of the molecule is Cc1ccc(Cn2cc(OC(=O)C(C)C)c3c2nc(C(C)C)n2c4ccccc4nc32)cc1. The Bertz CT molecular complexity index is 1490. The fraction of sp³-hybridized carbons (Fsp3) is 0.296. The molecule has 0 bridgehead atoms. The minimum Gasteiger partial charge on any atom is -0.424 e. The summed E-state index contributed by atoms with van der Waals surface area (Å²) in [5.41, 5.74) is 5.79. The van der Waals surface area contributed by atoms with Gasteiger partial charge in [-0.25, -0.2) is 9.97 Å². The lowest BCUT2D eigenvalue weighted by Crippen LogP contribution is -2.14. The molecule has 3 heterocycles. The van der Waals surface area contributed by atoms with E-state index in [9.17, 15) is 4.79 Å². The van der Waals surface area contributed by atoms with Crippen molar-refractivity contribution in [1.29, 1.82) is 0 Å². The Kier molecular flexibility index (Phi) is 5.16. The minimum absolute atomic E-state index is 0.180. The van der Waals surface area contributed by atoms with Crippen molar-refractivity contribution in [3.63, 3.8) is 0 Å². The summed E-state index contributed by atoms with van der Waals surface area (Å²) in [5.74, 6) is 1.10. The molecule has 5 rings (SSSR count). The van der Waals surface area contributed by atoms with E-state index < -0.39 is 0 Å². The highest BCUT2D eigenvalue weighted by Crippen LogP contribution is 2.35. The molecule has 0 radical (unpaired) electrons. The van der Waals surface area contributed by atoms with Gasteiger partial charge in [0.2, 0.25) is 0 Å². The molecule has 6 nitrogen and oxygen atoms in total. The van der Waals surface area contributed by atoms with Crippen molar-refractivity contribution >= 4 is 33.7 Å². The number of hydrogen-bond donors (Lipinski definition) is 0. The predicted octanol–water partition coefficient (Wildman–Crippen LogP) is 5.88. The Morgan fingerprint density at radius 3 is 2.39 bits per heavy atom. The Balaban J connectivity index is 1.82. The number of carbonyl (C=O) groups excluding carboxylic acids is 1. The Labute approximate surface area is 192 Å². The molecule has 3 aromatic heterocycles. The first-order valence-electron chi connectivity index (χ1n) is 11.4. The molecule has 168 valence electrons. The Morgan fingerprint density at radius 2 is 1.70 bits per heavy atom. The molecule has 0 atom stereocenters. The van der Waals surface area contributed by atoms with Crippen molar-refractivity contribution in [2.45, 2.75) is 47.1 Å². The monoisotopic (exact) mass is 440 g/mol. The van der Waals surface area contributed by atoms with Gasteiger partial charge in [-0.15, -0.1) is 0 Å². The summed E-state index contributed by atoms with van der Waals surface area (Å²) in [6.07, 6.45) is 1.89. The van der Waals surface area contributed by atoms with Crippen LogP contribution in [0.25, 0.3) is 27.7 Å². The molecule has 0 aliphatic heterocycles. The van der Waals surface area contributed by atoms with Gasteiger partial charge in [-0.3, -0.25) is 9.20 Å². The Hall–Kier alpha value is -3.67. The summed E-state index contributed by atoms with van der Waals surface area (Å²) in [7, 11) is 0. The summed E-state index contributed by atoms with van der Waals surface area (Å²) in [5, 5.41) is 0.761. The van der Waals surface area contributed by atoms with Crippen LogP contribution >= 0.6 is 0 Å². The van der Waals surface area contributed by atoms with Crippen LogP contribution < -0.4 is 4.74 Å². The van der Waals surface area contributed by atoms with Crippen LogP contribution in [-0.2, 0) is 11.3 Å². The van der Waals surface area contributed by atoms with E-state index in [0.717, 1.165) is 39.1 Å². The van der Waals surface area contributed by atoms with Crippen molar-refractivity contribution in [2.75, 3.05) is 0 Å². The third-order valence-corrected chi connectivity index (χ3v) is 5.92. The van der Waals surface area contributed by atoms with Gasteiger partial charge < -0.3 is 9.30 Å². The van der Waals surface area contributed by atoms with Gasteiger partial charge in [-0.05, 0) is 24.6 Å². The van der Waals surface area contributed by atoms with E-state index in [4.69, 9.17) is 14.7 Å². The van der Waals surface area contributed by atoms with Crippen LogP contribution in [0, 0.1) is 12.8 Å². The van der Waals surface area contributed by atoms with Gasteiger partial charge in [-0.1, -0.05) is 69.7 Å². The number of esters is 1. The molecular formula is C27H28N4O2. The van der Waals surface area contributed by atoms with Crippen LogP contribution in [0.2, 0.25) is 0 Å². The minimum atomic E-state index is -0.272. The summed E-state index contributed by atoms with van der Waals surface area (Å²) in [6, 6.07) is 16.5. The third kappa shape index (κ3) is 3.65. The normalized spacial score (nSPS) is 12.0. The number of ether oxygens (including phenoxy) is 1. The molecule has 0 saturated heterocycles. The van der Waals surface area contributed by atoms with E-state index in [0.29, 0.717) is 12.3 Å². The summed E-state index contributed by atoms with van der Waals surface area (Å²) in [4.78, 5) is 22.6. The first-order valence-corrected chi connectivity index (χ1v) is 11.4. The largest absolute Gasteiger partial charge is 0.424 e. The highest BCUT2D eigenvalue weighted by atomic mass is 16.5. The van der Waals surface area contributed by atoms with E-state index in [1.165, 1.54) is 5.56 Å². The molecule has 5 aromatic rings. The van der Waals surface area contributed by atoms with E-state index in [1.54, 1.807) is 0 Å². The summed E-state index contributed by atoms with van der Waals surface area (Å²) >= 11 is 0. The fourth-order valence-electron chi connectivity index (χ4n) is 4.14. The van der Waals surface area contributed by atoms with Crippen molar-refractivity contribution in [1.82, 2.24) is 18.9 Å². The Morgan fingerprint density at radius 1 is 0.970 bits per heavy atom. The molecule has 0 fully saturated rings. The van der Waals surface area contributed by atoms with Crippen LogP contribution in [0.1, 0.15) is 50.6 Å². The number of hydrogen-bond acceptors (Lipinski definition) is 4. The molecule has 0 unspecified atom stereocenters. The molecule has 0 aliphatic carbocycles. The summed E-state index contributed by atoms with van der Waals surface area (Å²) in [6.45, 7) is 10.6. The number of carbonyl (C=O) groups is 1. The molecule has 6 heteroatoms. The smallest absolute Gasteiger partial charge is 0.313 e. The zero-order chi connectivity index (χ0) is 23.3. The standard InChI is InChI=1S/C27H28N4O2/c1-16(2)24-29-25-23(26-28-20-8-6-7-9-21(20)31(24)26)22(33-27(32)17(3)4)15-30(25)14-19-12-10-18(5)11-13-19/h6-13,15-17H,14H2,1-5H3. The van der Waals surface area contributed by atoms with Crippen molar-refractivity contribution < 1.29 is 9.53 Å². The van der Waals surface area contributed by atoms with Crippen molar-refractivity contribution in [2.24, 2.45) is 5.92 Å². The number of aromatic nitrogens is 4. The lowest BCUT2D eigenvalue weighted by atomic mass is 10.1. The van der Waals surface area contributed by atoms with Crippen LogP contribution in [0.5, 0.6) is 5.75 Å². The number of rotatable bonds is 5. The van der Waals surface area contributed by atoms with E-state index in [1.807, 2.05) is 38.2 Å². The maximum absolute atomic E-state index is 12.6. The van der Waals surface area contributed by atoms with E-state index in [2.05, 4.69) is 60.1 Å². The number of imidazole rings is 1. The lowest BCUT2D eigenvalue weighted by Gasteiger charge is -2.12. The van der Waals surface area contributed by atoms with Gasteiger partial charge >= 0.3 is 5.97 Å². The zero-order valence-electron chi connectivity index (χ0n) is 19.7. The molecule has 0 N–H and O–H groups in total. The average Bonchev–Trinajstić information content (AvgIpc) is 3.33. The number of aryl methyl sites for hydroxylation is 1. The van der Waals surface area contributed by atoms with Gasteiger partial charge in [0.25, 0.3) is 0 Å². The number of nitrogens with zero attached hydrogens (tertiary/aromatic N) is 4. The first-order chi connectivity index (χ1) is 15.8. The van der Waals surface area contributed by atoms with Crippen molar-refractivity contribution in [3.05, 3.63) is 71.7 Å². The predicted molar refractivity (Wildman–Crippen MR) is 131 cm³/mol. The summed E-state index contributed by atoms with van der Waals surface area (Å²) < 4.78 is 10.0. The lowest BCUT2D eigenvalue weighted by molar-refractivity contribution is -0.137. The van der Waals surface area contributed by atoms with Crippen LogP contribution in [0.3, 0.4) is 0 Å². The van der Waals surface area contributed by atoms with Gasteiger partial charge in [0.15, 0.2) is 11.4 Å². The van der Waals surface area contributed by atoms with Crippen LogP contribution in [-0.4, -0.2) is 24.9 Å².